The Bertz CT molecular complexity index is 249. The third-order valence-electron chi connectivity index (χ3n) is 2.06. The number of nitrogens with zero attached hydrogens (tertiary/aromatic N) is 1. The number of rotatable bonds is 2. The summed E-state index contributed by atoms with van der Waals surface area (Å²) in [6.45, 7) is 0. The maximum Gasteiger partial charge on any atom is 0.213 e. The van der Waals surface area contributed by atoms with E-state index in [-0.39, 0.29) is 18.5 Å². The van der Waals surface area contributed by atoms with Crippen LogP contribution in [0.15, 0.2) is 24.4 Å². The van der Waals surface area contributed by atoms with Crippen LogP contribution in [0.25, 0.3) is 0 Å². The molecule has 1 aliphatic rings. The van der Waals surface area contributed by atoms with Crippen LogP contribution >= 0.6 is 12.4 Å². The number of ether oxygens (including phenoxy) is 1. The molecule has 0 amide bonds. The van der Waals surface area contributed by atoms with Crippen LogP contribution in [0.3, 0.4) is 0 Å². The molecule has 1 aromatic heterocycles. The topological polar surface area (TPSA) is 48.1 Å². The summed E-state index contributed by atoms with van der Waals surface area (Å²) in [5, 5.41) is 0. The van der Waals surface area contributed by atoms with Crippen LogP contribution in [-0.4, -0.2) is 17.1 Å². The van der Waals surface area contributed by atoms with E-state index in [1.807, 2.05) is 18.2 Å². The van der Waals surface area contributed by atoms with Gasteiger partial charge in [0.2, 0.25) is 5.88 Å². The molecule has 1 aliphatic carbocycles. The van der Waals surface area contributed by atoms with Gasteiger partial charge in [-0.05, 0) is 18.9 Å². The van der Waals surface area contributed by atoms with Crippen LogP contribution in [0.5, 0.6) is 5.88 Å². The molecule has 0 saturated heterocycles. The zero-order valence-corrected chi connectivity index (χ0v) is 8.04. The SMILES string of the molecule is Cl.N[C@H]1C[C@H](Oc2ccccn2)C1. The molecule has 3 nitrogen and oxygen atoms in total. The summed E-state index contributed by atoms with van der Waals surface area (Å²) in [6, 6.07) is 5.99. The van der Waals surface area contributed by atoms with E-state index in [1.54, 1.807) is 6.20 Å². The van der Waals surface area contributed by atoms with E-state index in [4.69, 9.17) is 10.5 Å². The Labute approximate surface area is 83.7 Å². The van der Waals surface area contributed by atoms with Gasteiger partial charge in [-0.3, -0.25) is 0 Å². The molecule has 13 heavy (non-hydrogen) atoms. The highest BCUT2D eigenvalue weighted by Crippen LogP contribution is 2.22. The maximum absolute atomic E-state index is 5.62. The Balaban J connectivity index is 0.000000845. The number of hydrogen-bond acceptors (Lipinski definition) is 3. The molecule has 0 atom stereocenters. The largest absolute Gasteiger partial charge is 0.474 e. The molecule has 72 valence electrons. The van der Waals surface area contributed by atoms with Crippen molar-refractivity contribution in [3.63, 3.8) is 0 Å². The third-order valence-corrected chi connectivity index (χ3v) is 2.06. The van der Waals surface area contributed by atoms with Gasteiger partial charge >= 0.3 is 0 Å². The Morgan fingerprint density at radius 2 is 2.15 bits per heavy atom. The summed E-state index contributed by atoms with van der Waals surface area (Å²) in [7, 11) is 0. The first-order chi connectivity index (χ1) is 5.84. The van der Waals surface area contributed by atoms with Gasteiger partial charge < -0.3 is 10.5 Å². The fourth-order valence-electron chi connectivity index (χ4n) is 1.29. The second kappa shape index (κ2) is 4.44. The summed E-state index contributed by atoms with van der Waals surface area (Å²) >= 11 is 0. The molecule has 2 rings (SSSR count). The highest BCUT2D eigenvalue weighted by molar-refractivity contribution is 5.85. The summed E-state index contributed by atoms with van der Waals surface area (Å²) in [5.74, 6) is 0.703. The second-order valence-corrected chi connectivity index (χ2v) is 3.14. The average molecular weight is 201 g/mol. The number of aromatic nitrogens is 1. The Morgan fingerprint density at radius 1 is 1.38 bits per heavy atom. The molecule has 2 N–H and O–H groups in total. The number of pyridine rings is 1. The molecule has 0 spiro atoms. The predicted molar refractivity (Wildman–Crippen MR) is 53.1 cm³/mol. The van der Waals surface area contributed by atoms with Crippen molar-refractivity contribution in [3.8, 4) is 5.88 Å². The predicted octanol–water partition coefficient (Wildman–Crippen LogP) is 1.37. The van der Waals surface area contributed by atoms with E-state index in [9.17, 15) is 0 Å². The third kappa shape index (κ3) is 2.57. The molecule has 1 heterocycles. The lowest BCUT2D eigenvalue weighted by Crippen LogP contribution is -2.43. The quantitative estimate of drug-likeness (QED) is 0.785. The normalized spacial score (nSPS) is 25.6. The minimum Gasteiger partial charge on any atom is -0.474 e. The molecule has 0 radical (unpaired) electrons. The lowest BCUT2D eigenvalue weighted by Gasteiger charge is -2.31. The lowest BCUT2D eigenvalue weighted by atomic mass is 9.90. The van der Waals surface area contributed by atoms with Crippen molar-refractivity contribution >= 4 is 12.4 Å². The van der Waals surface area contributed by atoms with E-state index >= 15 is 0 Å². The van der Waals surface area contributed by atoms with Crippen molar-refractivity contribution in [2.75, 3.05) is 0 Å². The molecular weight excluding hydrogens is 188 g/mol. The monoisotopic (exact) mass is 200 g/mol. The van der Waals surface area contributed by atoms with Crippen LogP contribution < -0.4 is 10.5 Å². The van der Waals surface area contributed by atoms with Crippen molar-refractivity contribution in [2.45, 2.75) is 25.0 Å². The summed E-state index contributed by atoms with van der Waals surface area (Å²) in [5.41, 5.74) is 5.62. The summed E-state index contributed by atoms with van der Waals surface area (Å²) < 4.78 is 5.53. The molecule has 4 heteroatoms. The Morgan fingerprint density at radius 3 is 2.69 bits per heavy atom. The van der Waals surface area contributed by atoms with Crippen LogP contribution in [0, 0.1) is 0 Å². The first kappa shape index (κ1) is 10.3. The van der Waals surface area contributed by atoms with Gasteiger partial charge in [0.05, 0.1) is 0 Å². The molecule has 0 aromatic carbocycles. The van der Waals surface area contributed by atoms with Crippen molar-refractivity contribution in [1.29, 1.82) is 0 Å². The van der Waals surface area contributed by atoms with Crippen molar-refractivity contribution < 1.29 is 4.74 Å². The standard InChI is InChI=1S/C9H12N2O.ClH/c10-7-5-8(6-7)12-9-3-1-2-4-11-9;/h1-4,7-8H,5-6,10H2;1H/t7-,8-;. The smallest absolute Gasteiger partial charge is 0.213 e. The highest BCUT2D eigenvalue weighted by atomic mass is 35.5. The summed E-state index contributed by atoms with van der Waals surface area (Å²) in [6.07, 6.45) is 3.93. The van der Waals surface area contributed by atoms with Crippen molar-refractivity contribution in [3.05, 3.63) is 24.4 Å². The molecule has 0 aliphatic heterocycles. The van der Waals surface area contributed by atoms with Crippen molar-refractivity contribution in [1.82, 2.24) is 4.98 Å². The number of nitrogens with two attached hydrogens (primary N) is 1. The molecular formula is C9H13ClN2O. The molecule has 1 aromatic rings. The van der Waals surface area contributed by atoms with E-state index in [0.29, 0.717) is 11.9 Å². The second-order valence-electron chi connectivity index (χ2n) is 3.14. The molecule has 0 bridgehead atoms. The van der Waals surface area contributed by atoms with Crippen LogP contribution in [0.4, 0.5) is 0 Å². The zero-order chi connectivity index (χ0) is 8.39. The lowest BCUT2D eigenvalue weighted by molar-refractivity contribution is 0.0958. The van der Waals surface area contributed by atoms with Crippen LogP contribution in [0.1, 0.15) is 12.8 Å². The number of hydrogen-bond donors (Lipinski definition) is 1. The molecule has 1 saturated carbocycles. The minimum atomic E-state index is 0. The fourth-order valence-corrected chi connectivity index (χ4v) is 1.29. The van der Waals surface area contributed by atoms with Gasteiger partial charge in [-0.25, -0.2) is 4.98 Å². The maximum atomic E-state index is 5.62. The molecule has 0 unspecified atom stereocenters. The van der Waals surface area contributed by atoms with Crippen molar-refractivity contribution in [2.24, 2.45) is 5.73 Å². The van der Waals surface area contributed by atoms with E-state index in [1.165, 1.54) is 0 Å². The van der Waals surface area contributed by atoms with Crippen LogP contribution in [0.2, 0.25) is 0 Å². The average Bonchev–Trinajstić information content (AvgIpc) is 2.04. The first-order valence-electron chi connectivity index (χ1n) is 4.18. The minimum absolute atomic E-state index is 0. The van der Waals surface area contributed by atoms with E-state index < -0.39 is 0 Å². The van der Waals surface area contributed by atoms with Gasteiger partial charge in [0.25, 0.3) is 0 Å². The highest BCUT2D eigenvalue weighted by Gasteiger charge is 2.27. The van der Waals surface area contributed by atoms with Crippen LogP contribution in [-0.2, 0) is 0 Å². The van der Waals surface area contributed by atoms with Gasteiger partial charge in [-0.1, -0.05) is 6.07 Å². The summed E-state index contributed by atoms with van der Waals surface area (Å²) in [4.78, 5) is 4.06. The zero-order valence-electron chi connectivity index (χ0n) is 7.22. The van der Waals surface area contributed by atoms with Gasteiger partial charge in [0, 0.05) is 18.3 Å². The van der Waals surface area contributed by atoms with Gasteiger partial charge in [0.1, 0.15) is 6.10 Å². The van der Waals surface area contributed by atoms with Gasteiger partial charge in [-0.15, -0.1) is 12.4 Å². The fraction of sp³-hybridized carbons (Fsp3) is 0.444. The van der Waals surface area contributed by atoms with E-state index in [2.05, 4.69) is 4.98 Å². The Hall–Kier alpha value is -0.800. The first-order valence-corrected chi connectivity index (χ1v) is 4.18. The molecule has 1 fully saturated rings. The van der Waals surface area contributed by atoms with Gasteiger partial charge in [-0.2, -0.15) is 0 Å². The van der Waals surface area contributed by atoms with Gasteiger partial charge in [0.15, 0.2) is 0 Å². The van der Waals surface area contributed by atoms with E-state index in [0.717, 1.165) is 12.8 Å². The number of halogens is 1. The Kier molecular flexibility index (Phi) is 3.51.